The monoisotopic (exact) mass is 412 g/mol. The van der Waals surface area contributed by atoms with Crippen LogP contribution in [0.25, 0.3) is 11.1 Å². The SMILES string of the molecule is CCOC(=O)c1c(-c2cccc(C)c2)csc1NC(=O)[C@@H]1CC=CC[C@@H]1C(=O)[O-]. The van der Waals surface area contributed by atoms with Gasteiger partial charge in [0, 0.05) is 22.8 Å². The van der Waals surface area contributed by atoms with Gasteiger partial charge in [-0.3, -0.25) is 4.79 Å². The molecule has 2 aromatic rings. The summed E-state index contributed by atoms with van der Waals surface area (Å²) in [5, 5.41) is 16.3. The van der Waals surface area contributed by atoms with Crippen molar-refractivity contribution in [1.29, 1.82) is 0 Å². The quantitative estimate of drug-likeness (QED) is 0.581. The molecule has 0 bridgehead atoms. The molecule has 1 N–H and O–H groups in total. The van der Waals surface area contributed by atoms with Gasteiger partial charge in [0.2, 0.25) is 5.91 Å². The Labute approximate surface area is 173 Å². The molecule has 1 aliphatic rings. The molecule has 152 valence electrons. The number of allylic oxidation sites excluding steroid dienone is 2. The molecule has 0 saturated carbocycles. The highest BCUT2D eigenvalue weighted by atomic mass is 32.1. The zero-order valence-electron chi connectivity index (χ0n) is 16.3. The van der Waals surface area contributed by atoms with Gasteiger partial charge in [-0.05, 0) is 32.3 Å². The number of benzene rings is 1. The number of ether oxygens (including phenoxy) is 1. The van der Waals surface area contributed by atoms with Gasteiger partial charge in [0.25, 0.3) is 0 Å². The van der Waals surface area contributed by atoms with Crippen molar-refractivity contribution in [2.75, 3.05) is 11.9 Å². The summed E-state index contributed by atoms with van der Waals surface area (Å²) in [6, 6.07) is 7.70. The molecule has 1 heterocycles. The summed E-state index contributed by atoms with van der Waals surface area (Å²) >= 11 is 1.22. The van der Waals surface area contributed by atoms with Crippen molar-refractivity contribution in [3.63, 3.8) is 0 Å². The number of hydrogen-bond acceptors (Lipinski definition) is 6. The van der Waals surface area contributed by atoms with E-state index in [1.165, 1.54) is 11.3 Å². The molecule has 6 nitrogen and oxygen atoms in total. The zero-order chi connectivity index (χ0) is 21.0. The Morgan fingerprint density at radius 2 is 1.93 bits per heavy atom. The number of carbonyl (C=O) groups excluding carboxylic acids is 3. The lowest BCUT2D eigenvalue weighted by molar-refractivity contribution is -0.313. The molecule has 0 radical (unpaired) electrons. The predicted octanol–water partition coefficient (Wildman–Crippen LogP) is 3.17. The van der Waals surface area contributed by atoms with Crippen molar-refractivity contribution in [3.05, 3.63) is 52.9 Å². The van der Waals surface area contributed by atoms with E-state index in [0.717, 1.165) is 11.1 Å². The fourth-order valence-electron chi connectivity index (χ4n) is 3.45. The first-order valence-electron chi connectivity index (χ1n) is 9.44. The van der Waals surface area contributed by atoms with E-state index >= 15 is 0 Å². The van der Waals surface area contributed by atoms with Crippen molar-refractivity contribution in [3.8, 4) is 11.1 Å². The highest BCUT2D eigenvalue weighted by molar-refractivity contribution is 7.15. The second-order valence-corrected chi connectivity index (χ2v) is 7.79. The number of nitrogens with one attached hydrogen (secondary N) is 1. The molecule has 2 atom stereocenters. The van der Waals surface area contributed by atoms with Crippen LogP contribution in [0.15, 0.2) is 41.8 Å². The average Bonchev–Trinajstić information content (AvgIpc) is 3.11. The number of carboxylic acids is 1. The van der Waals surface area contributed by atoms with Crippen LogP contribution < -0.4 is 10.4 Å². The molecular weight excluding hydrogens is 390 g/mol. The number of rotatable bonds is 6. The first kappa shape index (κ1) is 20.8. The van der Waals surface area contributed by atoms with Crippen LogP contribution in [0.1, 0.15) is 35.7 Å². The van der Waals surface area contributed by atoms with E-state index in [4.69, 9.17) is 4.74 Å². The molecular formula is C22H22NO5S-. The Hall–Kier alpha value is -2.93. The maximum atomic E-state index is 12.8. The van der Waals surface area contributed by atoms with Crippen molar-refractivity contribution < 1.29 is 24.2 Å². The number of aryl methyl sites for hydroxylation is 1. The summed E-state index contributed by atoms with van der Waals surface area (Å²) < 4.78 is 5.21. The number of thiophene rings is 1. The van der Waals surface area contributed by atoms with Crippen LogP contribution >= 0.6 is 11.3 Å². The van der Waals surface area contributed by atoms with Gasteiger partial charge in [0.1, 0.15) is 10.6 Å². The largest absolute Gasteiger partial charge is 0.550 e. The van der Waals surface area contributed by atoms with Gasteiger partial charge < -0.3 is 20.0 Å². The second kappa shape index (κ2) is 9.05. The molecule has 29 heavy (non-hydrogen) atoms. The minimum absolute atomic E-state index is 0.204. The van der Waals surface area contributed by atoms with Crippen LogP contribution in [-0.4, -0.2) is 24.5 Å². The van der Waals surface area contributed by atoms with Gasteiger partial charge in [0.15, 0.2) is 0 Å². The molecule has 3 rings (SSSR count). The van der Waals surface area contributed by atoms with Crippen LogP contribution in [0, 0.1) is 18.8 Å². The molecule has 0 saturated heterocycles. The Morgan fingerprint density at radius 1 is 1.21 bits per heavy atom. The van der Waals surface area contributed by atoms with Gasteiger partial charge in [-0.1, -0.05) is 42.0 Å². The minimum atomic E-state index is -1.24. The van der Waals surface area contributed by atoms with Crippen molar-refractivity contribution in [1.82, 2.24) is 0 Å². The van der Waals surface area contributed by atoms with E-state index < -0.39 is 29.7 Å². The smallest absolute Gasteiger partial charge is 0.341 e. The summed E-state index contributed by atoms with van der Waals surface area (Å²) in [6.07, 6.45) is 4.11. The van der Waals surface area contributed by atoms with Gasteiger partial charge >= 0.3 is 5.97 Å². The van der Waals surface area contributed by atoms with Crippen LogP contribution in [0.3, 0.4) is 0 Å². The number of anilines is 1. The summed E-state index contributed by atoms with van der Waals surface area (Å²) in [5.41, 5.74) is 2.84. The van der Waals surface area contributed by atoms with Crippen molar-refractivity contribution in [2.24, 2.45) is 11.8 Å². The lowest BCUT2D eigenvalue weighted by Crippen LogP contribution is -2.41. The molecule has 1 aromatic carbocycles. The molecule has 1 amide bonds. The van der Waals surface area contributed by atoms with Crippen LogP contribution in [0.4, 0.5) is 5.00 Å². The van der Waals surface area contributed by atoms with E-state index in [9.17, 15) is 19.5 Å². The molecule has 0 spiro atoms. The van der Waals surface area contributed by atoms with Crippen molar-refractivity contribution in [2.45, 2.75) is 26.7 Å². The molecule has 7 heteroatoms. The number of hydrogen-bond donors (Lipinski definition) is 1. The molecule has 1 aliphatic carbocycles. The average molecular weight is 412 g/mol. The topological polar surface area (TPSA) is 95.5 Å². The summed E-state index contributed by atoms with van der Waals surface area (Å²) in [6.45, 7) is 3.88. The maximum absolute atomic E-state index is 12.8. The highest BCUT2D eigenvalue weighted by Gasteiger charge is 2.31. The van der Waals surface area contributed by atoms with Crippen molar-refractivity contribution >= 4 is 34.2 Å². The van der Waals surface area contributed by atoms with Crippen LogP contribution in [0.5, 0.6) is 0 Å². The van der Waals surface area contributed by atoms with Gasteiger partial charge in [-0.15, -0.1) is 11.3 Å². The fourth-order valence-corrected chi connectivity index (χ4v) is 4.41. The first-order chi connectivity index (χ1) is 13.9. The zero-order valence-corrected chi connectivity index (χ0v) is 17.1. The van der Waals surface area contributed by atoms with E-state index in [0.29, 0.717) is 17.0 Å². The Balaban J connectivity index is 1.94. The first-order valence-corrected chi connectivity index (χ1v) is 10.3. The number of carbonyl (C=O) groups is 3. The fraction of sp³-hybridized carbons (Fsp3) is 0.318. The molecule has 0 unspecified atom stereocenters. The van der Waals surface area contributed by atoms with Gasteiger partial charge in [-0.25, -0.2) is 4.79 Å². The molecule has 0 fully saturated rings. The maximum Gasteiger partial charge on any atom is 0.341 e. The van der Waals surface area contributed by atoms with E-state index in [2.05, 4.69) is 5.32 Å². The second-order valence-electron chi connectivity index (χ2n) is 6.91. The third kappa shape index (κ3) is 4.56. The van der Waals surface area contributed by atoms with Gasteiger partial charge in [0.05, 0.1) is 12.5 Å². The normalized spacial score (nSPS) is 18.3. The lowest BCUT2D eigenvalue weighted by Gasteiger charge is -2.28. The third-order valence-corrected chi connectivity index (χ3v) is 5.80. The standard InChI is InChI=1S/C22H23NO5S/c1-3-28-22(27)18-17(14-8-6-7-13(2)11-14)12-29-20(18)23-19(24)15-9-4-5-10-16(15)21(25)26/h4-8,11-12,15-16H,3,9-10H2,1-2H3,(H,23,24)(H,25,26)/p-1/t15-,16+/m1/s1. The Bertz CT molecular complexity index is 962. The van der Waals surface area contributed by atoms with E-state index in [1.54, 1.807) is 24.5 Å². The predicted molar refractivity (Wildman–Crippen MR) is 109 cm³/mol. The number of amides is 1. The lowest BCUT2D eigenvalue weighted by atomic mass is 9.82. The molecule has 1 aromatic heterocycles. The van der Waals surface area contributed by atoms with Crippen LogP contribution in [0.2, 0.25) is 0 Å². The number of aliphatic carboxylic acids is 1. The van der Waals surface area contributed by atoms with E-state index in [-0.39, 0.29) is 18.6 Å². The van der Waals surface area contributed by atoms with Crippen LogP contribution in [-0.2, 0) is 14.3 Å². The Morgan fingerprint density at radius 3 is 2.59 bits per heavy atom. The number of esters is 1. The minimum Gasteiger partial charge on any atom is -0.550 e. The number of carboxylic acid groups (broad SMARTS) is 1. The summed E-state index contributed by atoms with van der Waals surface area (Å²) in [5.74, 6) is -3.84. The molecule has 0 aliphatic heterocycles. The summed E-state index contributed by atoms with van der Waals surface area (Å²) in [7, 11) is 0. The summed E-state index contributed by atoms with van der Waals surface area (Å²) in [4.78, 5) is 36.9. The third-order valence-electron chi connectivity index (χ3n) is 4.91. The van der Waals surface area contributed by atoms with Gasteiger partial charge in [-0.2, -0.15) is 0 Å². The Kier molecular flexibility index (Phi) is 6.49. The van der Waals surface area contributed by atoms with E-state index in [1.807, 2.05) is 31.2 Å². The highest BCUT2D eigenvalue weighted by Crippen LogP contribution is 2.37.